The maximum Gasteiger partial charge on any atom is 0.258 e. The number of aromatic nitrogens is 1. The Bertz CT molecular complexity index is 864. The molecule has 1 atom stereocenters. The number of halogens is 1. The highest BCUT2D eigenvalue weighted by atomic mass is 32.1. The number of hydrogen-bond donors (Lipinski definition) is 1. The van der Waals surface area contributed by atoms with Crippen molar-refractivity contribution in [1.82, 2.24) is 9.88 Å². The highest BCUT2D eigenvalue weighted by Gasteiger charge is 2.37. The predicted molar refractivity (Wildman–Crippen MR) is 91.2 cm³/mol. The third kappa shape index (κ3) is 2.65. The summed E-state index contributed by atoms with van der Waals surface area (Å²) in [7, 11) is 0. The van der Waals surface area contributed by atoms with Crippen LogP contribution in [0.15, 0.2) is 60.1 Å². The molecule has 0 aliphatic carbocycles. The van der Waals surface area contributed by atoms with Crippen LogP contribution in [-0.2, 0) is 6.54 Å². The molecule has 120 valence electrons. The Morgan fingerprint density at radius 2 is 2.00 bits per heavy atom. The Hall–Kier alpha value is -2.73. The zero-order valence-corrected chi connectivity index (χ0v) is 13.5. The molecule has 6 heteroatoms. The lowest BCUT2D eigenvalue weighted by Crippen LogP contribution is -2.31. The maximum atomic E-state index is 13.1. The SMILES string of the molecule is O=C1c2cccnc2C(Nc2ccc(F)cc2)N1Cc1cccs1. The first-order chi connectivity index (χ1) is 11.7. The van der Waals surface area contributed by atoms with Gasteiger partial charge < -0.3 is 10.2 Å². The second-order valence-corrected chi connectivity index (χ2v) is 6.53. The van der Waals surface area contributed by atoms with Crippen LogP contribution in [0.5, 0.6) is 0 Å². The fraction of sp³-hybridized carbons (Fsp3) is 0.111. The number of thiophene rings is 1. The molecule has 0 saturated heterocycles. The van der Waals surface area contributed by atoms with Gasteiger partial charge in [-0.2, -0.15) is 0 Å². The quantitative estimate of drug-likeness (QED) is 0.780. The number of carbonyl (C=O) groups is 1. The molecule has 3 heterocycles. The number of rotatable bonds is 4. The molecule has 24 heavy (non-hydrogen) atoms. The van der Waals surface area contributed by atoms with Crippen LogP contribution in [-0.4, -0.2) is 15.8 Å². The Morgan fingerprint density at radius 3 is 2.75 bits per heavy atom. The van der Waals surface area contributed by atoms with Crippen molar-refractivity contribution in [3.8, 4) is 0 Å². The molecule has 1 unspecified atom stereocenters. The third-order valence-corrected chi connectivity index (χ3v) is 4.82. The number of hydrogen-bond acceptors (Lipinski definition) is 4. The minimum atomic E-state index is -0.374. The second-order valence-electron chi connectivity index (χ2n) is 5.50. The standard InChI is InChI=1S/C18H14FN3OS/c19-12-5-7-13(8-6-12)21-17-16-15(4-1-9-20-16)18(23)22(17)11-14-3-2-10-24-14/h1-10,17,21H,11H2. The first kappa shape index (κ1) is 14.8. The van der Waals surface area contributed by atoms with Crippen LogP contribution in [0, 0.1) is 5.82 Å². The zero-order chi connectivity index (χ0) is 16.5. The number of fused-ring (bicyclic) bond motifs is 1. The number of anilines is 1. The molecule has 1 aromatic carbocycles. The lowest BCUT2D eigenvalue weighted by Gasteiger charge is -2.26. The number of benzene rings is 1. The molecule has 1 aliphatic rings. The summed E-state index contributed by atoms with van der Waals surface area (Å²) in [5.74, 6) is -0.344. The van der Waals surface area contributed by atoms with Gasteiger partial charge in [0.1, 0.15) is 12.0 Å². The molecule has 4 nitrogen and oxygen atoms in total. The molecule has 0 fully saturated rings. The Kier molecular flexibility index (Phi) is 3.74. The van der Waals surface area contributed by atoms with Gasteiger partial charge in [0.2, 0.25) is 0 Å². The van der Waals surface area contributed by atoms with Gasteiger partial charge in [0.25, 0.3) is 5.91 Å². The van der Waals surface area contributed by atoms with E-state index in [4.69, 9.17) is 0 Å². The first-order valence-corrected chi connectivity index (χ1v) is 8.41. The molecule has 1 amide bonds. The minimum absolute atomic E-state index is 0.0499. The van der Waals surface area contributed by atoms with Crippen LogP contribution in [0.25, 0.3) is 0 Å². The van der Waals surface area contributed by atoms with Gasteiger partial charge in [0.15, 0.2) is 0 Å². The van der Waals surface area contributed by atoms with E-state index >= 15 is 0 Å². The second kappa shape index (κ2) is 6.05. The minimum Gasteiger partial charge on any atom is -0.360 e. The van der Waals surface area contributed by atoms with Gasteiger partial charge in [-0.1, -0.05) is 6.07 Å². The van der Waals surface area contributed by atoms with Crippen LogP contribution < -0.4 is 5.32 Å². The first-order valence-electron chi connectivity index (χ1n) is 7.53. The van der Waals surface area contributed by atoms with Crippen molar-refractivity contribution in [2.24, 2.45) is 0 Å². The van der Waals surface area contributed by atoms with Crippen molar-refractivity contribution in [1.29, 1.82) is 0 Å². The molecule has 0 bridgehead atoms. The van der Waals surface area contributed by atoms with Crippen LogP contribution in [0.3, 0.4) is 0 Å². The van der Waals surface area contributed by atoms with Gasteiger partial charge in [0, 0.05) is 16.8 Å². The molecular formula is C18H14FN3OS. The van der Waals surface area contributed by atoms with E-state index in [1.54, 1.807) is 46.7 Å². The summed E-state index contributed by atoms with van der Waals surface area (Å²) in [4.78, 5) is 20.0. The van der Waals surface area contributed by atoms with E-state index in [0.717, 1.165) is 10.6 Å². The summed E-state index contributed by atoms with van der Waals surface area (Å²) in [5, 5.41) is 5.29. The molecule has 0 spiro atoms. The lowest BCUT2D eigenvalue weighted by atomic mass is 10.2. The Balaban J connectivity index is 1.68. The van der Waals surface area contributed by atoms with Gasteiger partial charge in [-0.15, -0.1) is 11.3 Å². The van der Waals surface area contributed by atoms with Gasteiger partial charge in [0.05, 0.1) is 17.8 Å². The average molecular weight is 339 g/mol. The van der Waals surface area contributed by atoms with Crippen molar-refractivity contribution in [3.05, 3.63) is 82.1 Å². The number of nitrogens with one attached hydrogen (secondary N) is 1. The van der Waals surface area contributed by atoms with Gasteiger partial charge >= 0.3 is 0 Å². The highest BCUT2D eigenvalue weighted by Crippen LogP contribution is 2.34. The summed E-state index contributed by atoms with van der Waals surface area (Å²) in [6.07, 6.45) is 1.31. The zero-order valence-electron chi connectivity index (χ0n) is 12.6. The normalized spacial score (nSPS) is 16.3. The molecule has 4 rings (SSSR count). The predicted octanol–water partition coefficient (Wildman–Crippen LogP) is 4.05. The molecule has 1 N–H and O–H groups in total. The smallest absolute Gasteiger partial charge is 0.258 e. The molecule has 0 saturated carbocycles. The number of carbonyl (C=O) groups excluding carboxylic acids is 1. The van der Waals surface area contributed by atoms with Crippen molar-refractivity contribution in [3.63, 3.8) is 0 Å². The van der Waals surface area contributed by atoms with E-state index in [9.17, 15) is 9.18 Å². The average Bonchev–Trinajstić information content (AvgIpc) is 3.20. The van der Waals surface area contributed by atoms with Gasteiger partial charge in [-0.3, -0.25) is 9.78 Å². The van der Waals surface area contributed by atoms with E-state index in [2.05, 4.69) is 10.3 Å². The summed E-state index contributed by atoms with van der Waals surface area (Å²) in [5.41, 5.74) is 2.04. The van der Waals surface area contributed by atoms with Crippen molar-refractivity contribution in [2.45, 2.75) is 12.7 Å². The van der Waals surface area contributed by atoms with E-state index in [1.807, 2.05) is 17.5 Å². The summed E-state index contributed by atoms with van der Waals surface area (Å²) in [6.45, 7) is 0.506. The Labute approximate surface area is 142 Å². The van der Waals surface area contributed by atoms with Gasteiger partial charge in [-0.25, -0.2) is 4.39 Å². The monoisotopic (exact) mass is 339 g/mol. The summed E-state index contributed by atoms with van der Waals surface area (Å²) >= 11 is 1.61. The molecular weight excluding hydrogens is 325 g/mol. The van der Waals surface area contributed by atoms with Crippen LogP contribution >= 0.6 is 11.3 Å². The van der Waals surface area contributed by atoms with E-state index < -0.39 is 0 Å². The van der Waals surface area contributed by atoms with Crippen LogP contribution in [0.4, 0.5) is 10.1 Å². The van der Waals surface area contributed by atoms with Crippen LogP contribution in [0.2, 0.25) is 0 Å². The Morgan fingerprint density at radius 1 is 1.17 bits per heavy atom. The molecule has 2 aromatic heterocycles. The number of pyridine rings is 1. The number of nitrogens with zero attached hydrogens (tertiary/aromatic N) is 2. The molecule has 0 radical (unpaired) electrons. The highest BCUT2D eigenvalue weighted by molar-refractivity contribution is 7.09. The topological polar surface area (TPSA) is 45.2 Å². The molecule has 3 aromatic rings. The fourth-order valence-corrected chi connectivity index (χ4v) is 3.52. The fourth-order valence-electron chi connectivity index (χ4n) is 2.82. The van der Waals surface area contributed by atoms with Crippen molar-refractivity contribution in [2.75, 3.05) is 5.32 Å². The van der Waals surface area contributed by atoms with E-state index in [0.29, 0.717) is 17.8 Å². The maximum absolute atomic E-state index is 13.1. The van der Waals surface area contributed by atoms with E-state index in [-0.39, 0.29) is 17.9 Å². The van der Waals surface area contributed by atoms with Crippen molar-refractivity contribution < 1.29 is 9.18 Å². The lowest BCUT2D eigenvalue weighted by molar-refractivity contribution is 0.0729. The molecule has 1 aliphatic heterocycles. The van der Waals surface area contributed by atoms with E-state index in [1.165, 1.54) is 12.1 Å². The summed E-state index contributed by atoms with van der Waals surface area (Å²) in [6, 6.07) is 13.6. The third-order valence-electron chi connectivity index (χ3n) is 3.95. The summed E-state index contributed by atoms with van der Waals surface area (Å²) < 4.78 is 13.1. The largest absolute Gasteiger partial charge is 0.360 e. The number of amides is 1. The van der Waals surface area contributed by atoms with Crippen molar-refractivity contribution >= 4 is 22.9 Å². The van der Waals surface area contributed by atoms with Crippen LogP contribution in [0.1, 0.15) is 27.1 Å². The van der Waals surface area contributed by atoms with Gasteiger partial charge in [-0.05, 0) is 47.8 Å².